The van der Waals surface area contributed by atoms with E-state index in [1.165, 1.54) is 0 Å². The summed E-state index contributed by atoms with van der Waals surface area (Å²) in [7, 11) is 0. The Morgan fingerprint density at radius 3 is 2.90 bits per heavy atom. The molecule has 1 heterocycles. The normalized spacial score (nSPS) is 21.8. The molecule has 3 N–H and O–H groups in total. The van der Waals surface area contributed by atoms with Crippen LogP contribution in [0.3, 0.4) is 0 Å². The fraction of sp³-hybridized carbons (Fsp3) is 0.538. The Morgan fingerprint density at radius 1 is 1.52 bits per heavy atom. The Balaban J connectivity index is 2.08. The number of nitrogens with zero attached hydrogens (tertiary/aromatic N) is 2. The van der Waals surface area contributed by atoms with Crippen molar-refractivity contribution >= 4 is 17.5 Å². The van der Waals surface area contributed by atoms with Crippen molar-refractivity contribution in [3.63, 3.8) is 0 Å². The molecule has 8 nitrogen and oxygen atoms in total. The number of pyridine rings is 1. The molecule has 0 radical (unpaired) electrons. The van der Waals surface area contributed by atoms with E-state index in [4.69, 9.17) is 5.11 Å². The monoisotopic (exact) mass is 295 g/mol. The minimum Gasteiger partial charge on any atom is -0.478 e. The average molecular weight is 295 g/mol. The molecule has 0 aliphatic heterocycles. The number of anilines is 1. The topological polar surface area (TPSA) is 126 Å². The van der Waals surface area contributed by atoms with Gasteiger partial charge in [0.2, 0.25) is 5.82 Å². The molecule has 1 aromatic rings. The lowest BCUT2D eigenvalue weighted by molar-refractivity contribution is -0.384. The lowest BCUT2D eigenvalue weighted by Gasteiger charge is -2.25. The number of aliphatic hydroxyl groups is 1. The molecule has 0 aromatic carbocycles. The number of aromatic carboxylic acids is 1. The van der Waals surface area contributed by atoms with Crippen LogP contribution < -0.4 is 5.32 Å². The first-order valence-electron chi connectivity index (χ1n) is 6.77. The maximum absolute atomic E-state index is 11.0. The van der Waals surface area contributed by atoms with Crippen LogP contribution >= 0.6 is 0 Å². The van der Waals surface area contributed by atoms with Crippen LogP contribution in [0.2, 0.25) is 0 Å². The van der Waals surface area contributed by atoms with E-state index in [0.717, 1.165) is 31.5 Å². The molecule has 0 amide bonds. The molecule has 1 aliphatic carbocycles. The van der Waals surface area contributed by atoms with Crippen molar-refractivity contribution in [2.45, 2.75) is 31.8 Å². The molecular weight excluding hydrogens is 278 g/mol. The van der Waals surface area contributed by atoms with Gasteiger partial charge < -0.3 is 15.5 Å². The summed E-state index contributed by atoms with van der Waals surface area (Å²) in [6, 6.07) is 0.993. The summed E-state index contributed by atoms with van der Waals surface area (Å²) in [5, 5.41) is 32.3. The number of hydrogen-bond donors (Lipinski definition) is 3. The van der Waals surface area contributed by atoms with Gasteiger partial charge in [-0.25, -0.2) is 9.78 Å². The van der Waals surface area contributed by atoms with Crippen LogP contribution in [-0.4, -0.2) is 38.7 Å². The van der Waals surface area contributed by atoms with E-state index in [-0.39, 0.29) is 29.1 Å². The number of carbonyl (C=O) groups is 1. The van der Waals surface area contributed by atoms with Crippen molar-refractivity contribution in [2.75, 3.05) is 11.9 Å². The minimum atomic E-state index is -1.26. The van der Waals surface area contributed by atoms with E-state index in [1.807, 2.05) is 0 Å². The third-order valence-corrected chi connectivity index (χ3v) is 3.62. The molecule has 0 spiro atoms. The summed E-state index contributed by atoms with van der Waals surface area (Å²) in [6.45, 7) is 0.470. The quantitative estimate of drug-likeness (QED) is 0.557. The molecule has 21 heavy (non-hydrogen) atoms. The lowest BCUT2D eigenvalue weighted by Crippen LogP contribution is -2.25. The van der Waals surface area contributed by atoms with Crippen LogP contribution in [0, 0.1) is 16.0 Å². The summed E-state index contributed by atoms with van der Waals surface area (Å²) >= 11 is 0. The zero-order valence-corrected chi connectivity index (χ0v) is 11.4. The summed E-state index contributed by atoms with van der Waals surface area (Å²) in [5.74, 6) is -0.966. The molecule has 2 rings (SSSR count). The van der Waals surface area contributed by atoms with E-state index in [9.17, 15) is 20.0 Å². The number of carboxylic acids is 1. The van der Waals surface area contributed by atoms with Crippen LogP contribution in [0.15, 0.2) is 12.3 Å². The molecule has 114 valence electrons. The first-order valence-corrected chi connectivity index (χ1v) is 6.77. The predicted molar refractivity (Wildman–Crippen MR) is 74.3 cm³/mol. The highest BCUT2D eigenvalue weighted by Crippen LogP contribution is 2.27. The number of carboxylic acid groups (broad SMARTS) is 1. The number of rotatable bonds is 5. The van der Waals surface area contributed by atoms with E-state index in [1.54, 1.807) is 0 Å². The Hall–Kier alpha value is -2.22. The van der Waals surface area contributed by atoms with Gasteiger partial charge in [-0.3, -0.25) is 10.1 Å². The third kappa shape index (κ3) is 3.88. The molecule has 2 unspecified atom stereocenters. The molecule has 1 aromatic heterocycles. The summed E-state index contributed by atoms with van der Waals surface area (Å²) in [5.41, 5.74) is -0.577. The van der Waals surface area contributed by atoms with Crippen molar-refractivity contribution in [2.24, 2.45) is 5.92 Å². The maximum Gasteiger partial charge on any atom is 0.337 e. The van der Waals surface area contributed by atoms with Crippen LogP contribution in [-0.2, 0) is 0 Å². The summed E-state index contributed by atoms with van der Waals surface area (Å²) in [6.07, 6.45) is 4.11. The Kier molecular flexibility index (Phi) is 4.69. The second-order valence-corrected chi connectivity index (χ2v) is 5.22. The molecule has 1 fully saturated rings. The fourth-order valence-corrected chi connectivity index (χ4v) is 2.53. The molecule has 2 atom stereocenters. The van der Waals surface area contributed by atoms with Crippen molar-refractivity contribution in [1.29, 1.82) is 0 Å². The Morgan fingerprint density at radius 2 is 2.29 bits per heavy atom. The SMILES string of the molecule is O=C(O)c1cnc(NCC2CCCC(O)C2)c([N+](=O)[O-])c1. The van der Waals surface area contributed by atoms with Crippen molar-refractivity contribution < 1.29 is 19.9 Å². The largest absolute Gasteiger partial charge is 0.478 e. The van der Waals surface area contributed by atoms with Crippen LogP contribution in [0.1, 0.15) is 36.0 Å². The van der Waals surface area contributed by atoms with Gasteiger partial charge in [-0.2, -0.15) is 0 Å². The molecule has 1 aliphatic rings. The zero-order valence-electron chi connectivity index (χ0n) is 11.4. The molecule has 1 saturated carbocycles. The number of nitrogens with one attached hydrogen (secondary N) is 1. The Bertz CT molecular complexity index is 549. The first kappa shape index (κ1) is 15.2. The standard InChI is InChI=1S/C13H17N3O5/c17-10-3-1-2-8(4-10)6-14-12-11(16(20)21)5-9(7-15-12)13(18)19/h5,7-8,10,17H,1-4,6H2,(H,14,15)(H,18,19). The molecule has 0 saturated heterocycles. The van der Waals surface area contributed by atoms with Crippen LogP contribution in [0.5, 0.6) is 0 Å². The van der Waals surface area contributed by atoms with Gasteiger partial charge in [-0.1, -0.05) is 6.42 Å². The number of nitro groups is 1. The van der Waals surface area contributed by atoms with Gasteiger partial charge in [0.05, 0.1) is 16.6 Å². The lowest BCUT2D eigenvalue weighted by atomic mass is 9.87. The van der Waals surface area contributed by atoms with Crippen molar-refractivity contribution in [1.82, 2.24) is 4.98 Å². The number of aromatic nitrogens is 1. The number of aliphatic hydroxyl groups excluding tert-OH is 1. The highest BCUT2D eigenvalue weighted by atomic mass is 16.6. The van der Waals surface area contributed by atoms with Gasteiger partial charge in [-0.15, -0.1) is 0 Å². The zero-order chi connectivity index (χ0) is 15.4. The first-order chi connectivity index (χ1) is 9.97. The van der Waals surface area contributed by atoms with Gasteiger partial charge >= 0.3 is 11.7 Å². The second kappa shape index (κ2) is 6.49. The average Bonchev–Trinajstić information content (AvgIpc) is 2.44. The van der Waals surface area contributed by atoms with E-state index in [0.29, 0.717) is 13.0 Å². The second-order valence-electron chi connectivity index (χ2n) is 5.22. The minimum absolute atomic E-state index is 0.0602. The van der Waals surface area contributed by atoms with Gasteiger partial charge in [-0.05, 0) is 25.2 Å². The van der Waals surface area contributed by atoms with Crippen LogP contribution in [0.25, 0.3) is 0 Å². The van der Waals surface area contributed by atoms with Gasteiger partial charge in [0.15, 0.2) is 0 Å². The van der Waals surface area contributed by atoms with Gasteiger partial charge in [0.25, 0.3) is 0 Å². The molecule has 8 heteroatoms. The predicted octanol–water partition coefficient (Wildman–Crippen LogP) is 1.65. The highest BCUT2D eigenvalue weighted by Gasteiger charge is 2.23. The van der Waals surface area contributed by atoms with Gasteiger partial charge in [0, 0.05) is 18.8 Å². The van der Waals surface area contributed by atoms with Gasteiger partial charge in [0.1, 0.15) is 0 Å². The summed E-state index contributed by atoms with van der Waals surface area (Å²) in [4.78, 5) is 25.0. The Labute approximate surface area is 121 Å². The van der Waals surface area contributed by atoms with E-state index >= 15 is 0 Å². The van der Waals surface area contributed by atoms with E-state index in [2.05, 4.69) is 10.3 Å². The molecule has 0 bridgehead atoms. The van der Waals surface area contributed by atoms with Crippen molar-refractivity contribution in [3.8, 4) is 0 Å². The summed E-state index contributed by atoms with van der Waals surface area (Å²) < 4.78 is 0. The highest BCUT2D eigenvalue weighted by molar-refractivity contribution is 5.88. The van der Waals surface area contributed by atoms with Crippen molar-refractivity contribution in [3.05, 3.63) is 27.9 Å². The molecular formula is C13H17N3O5. The number of hydrogen-bond acceptors (Lipinski definition) is 6. The van der Waals surface area contributed by atoms with Crippen LogP contribution in [0.4, 0.5) is 11.5 Å². The smallest absolute Gasteiger partial charge is 0.337 e. The fourth-order valence-electron chi connectivity index (χ4n) is 2.53. The maximum atomic E-state index is 11.0. The third-order valence-electron chi connectivity index (χ3n) is 3.62. The van der Waals surface area contributed by atoms with E-state index < -0.39 is 10.9 Å².